The van der Waals surface area contributed by atoms with Crippen LogP contribution in [0.3, 0.4) is 0 Å². The van der Waals surface area contributed by atoms with Crippen molar-refractivity contribution in [2.24, 2.45) is 5.92 Å². The van der Waals surface area contributed by atoms with Crippen LogP contribution in [0.4, 0.5) is 0 Å². The lowest BCUT2D eigenvalue weighted by atomic mass is 9.78. The first-order chi connectivity index (χ1) is 12.2. The molecule has 0 N–H and O–H groups in total. The van der Waals surface area contributed by atoms with Crippen molar-refractivity contribution in [2.45, 2.75) is 51.5 Å². The third kappa shape index (κ3) is 3.20. The van der Waals surface area contributed by atoms with E-state index in [0.717, 1.165) is 35.5 Å². The molecule has 3 heteroatoms. The number of benzene rings is 1. The van der Waals surface area contributed by atoms with Crippen molar-refractivity contribution in [1.29, 1.82) is 0 Å². The predicted molar refractivity (Wildman–Crippen MR) is 100 cm³/mol. The second-order valence-electron chi connectivity index (χ2n) is 7.45. The van der Waals surface area contributed by atoms with Gasteiger partial charge in [-0.1, -0.05) is 43.2 Å². The minimum Gasteiger partial charge on any atom is -0.335 e. The Morgan fingerprint density at radius 3 is 2.56 bits per heavy atom. The van der Waals surface area contributed by atoms with Gasteiger partial charge in [-0.3, -0.25) is 9.78 Å². The maximum atomic E-state index is 13.2. The Hall–Kier alpha value is -2.16. The van der Waals surface area contributed by atoms with Gasteiger partial charge in [0.1, 0.15) is 0 Å². The molecule has 2 aliphatic rings. The predicted octanol–water partition coefficient (Wildman–Crippen LogP) is 4.85. The Balaban J connectivity index is 1.59. The van der Waals surface area contributed by atoms with E-state index in [1.807, 2.05) is 37.3 Å². The van der Waals surface area contributed by atoms with Gasteiger partial charge in [-0.2, -0.15) is 0 Å². The highest BCUT2D eigenvalue weighted by Gasteiger charge is 2.36. The van der Waals surface area contributed by atoms with Crippen LogP contribution in [0, 0.1) is 12.8 Å². The van der Waals surface area contributed by atoms with Gasteiger partial charge in [0.25, 0.3) is 5.91 Å². The monoisotopic (exact) mass is 334 g/mol. The van der Waals surface area contributed by atoms with E-state index in [1.54, 1.807) is 0 Å². The molecule has 130 valence electrons. The molecule has 2 aromatic rings. The van der Waals surface area contributed by atoms with Gasteiger partial charge >= 0.3 is 0 Å². The fourth-order valence-electron chi connectivity index (χ4n) is 4.59. The van der Waals surface area contributed by atoms with Gasteiger partial charge in [0.2, 0.25) is 0 Å². The number of amides is 1. The number of rotatable bonds is 2. The molecule has 0 spiro atoms. The Morgan fingerprint density at radius 1 is 1.00 bits per heavy atom. The highest BCUT2D eigenvalue weighted by Crippen LogP contribution is 2.36. The fraction of sp³-hybridized carbons (Fsp3) is 0.455. The molecule has 1 aliphatic carbocycles. The molecule has 1 aromatic heterocycles. The normalized spacial score (nSPS) is 23.2. The number of hydrogen-bond donors (Lipinski definition) is 0. The minimum absolute atomic E-state index is 0.182. The van der Waals surface area contributed by atoms with Crippen LogP contribution in [0.15, 0.2) is 42.5 Å². The molecular weight excluding hydrogens is 308 g/mol. The molecular formula is C22H26N2O. The number of pyridine rings is 1. The summed E-state index contributed by atoms with van der Waals surface area (Å²) in [5.41, 5.74) is 3.63. The summed E-state index contributed by atoms with van der Waals surface area (Å²) in [5, 5.41) is 0. The van der Waals surface area contributed by atoms with Crippen molar-refractivity contribution in [3.63, 3.8) is 0 Å². The van der Waals surface area contributed by atoms with Crippen LogP contribution in [-0.2, 0) is 0 Å². The molecule has 2 heterocycles. The van der Waals surface area contributed by atoms with Crippen LogP contribution in [0.5, 0.6) is 0 Å². The second kappa shape index (κ2) is 6.99. The molecule has 1 saturated heterocycles. The van der Waals surface area contributed by atoms with Crippen molar-refractivity contribution >= 4 is 5.91 Å². The first-order valence-electron chi connectivity index (χ1n) is 9.58. The maximum absolute atomic E-state index is 13.2. The Morgan fingerprint density at radius 2 is 1.76 bits per heavy atom. The van der Waals surface area contributed by atoms with Crippen LogP contribution in [-0.4, -0.2) is 28.4 Å². The third-order valence-electron chi connectivity index (χ3n) is 5.89. The number of piperidine rings is 1. The number of aryl methyl sites for hydroxylation is 1. The maximum Gasteiger partial charge on any atom is 0.255 e. The summed E-state index contributed by atoms with van der Waals surface area (Å²) >= 11 is 0. The number of aromatic nitrogens is 1. The first kappa shape index (κ1) is 16.3. The van der Waals surface area contributed by atoms with E-state index in [0.29, 0.717) is 12.0 Å². The van der Waals surface area contributed by atoms with E-state index in [4.69, 9.17) is 4.98 Å². The standard InChI is InChI=1S/C22H26N2O/c1-16-19(13-14-20(23-16)17-8-3-2-4-9-17)22(25)24-15-7-11-18-10-5-6-12-21(18)24/h2-4,8-9,13-14,18,21H,5-7,10-12,15H2,1H3/t18-,21+/m1/s1. The van der Waals surface area contributed by atoms with E-state index in [2.05, 4.69) is 17.0 Å². The summed E-state index contributed by atoms with van der Waals surface area (Å²) in [4.78, 5) is 20.1. The number of likely N-dealkylation sites (tertiary alicyclic amines) is 1. The fourth-order valence-corrected chi connectivity index (χ4v) is 4.59. The van der Waals surface area contributed by atoms with Crippen LogP contribution in [0.25, 0.3) is 11.3 Å². The quantitative estimate of drug-likeness (QED) is 0.786. The van der Waals surface area contributed by atoms with Crippen molar-refractivity contribution in [3.8, 4) is 11.3 Å². The second-order valence-corrected chi connectivity index (χ2v) is 7.45. The number of carbonyl (C=O) groups is 1. The third-order valence-corrected chi connectivity index (χ3v) is 5.89. The molecule has 1 aromatic carbocycles. The van der Waals surface area contributed by atoms with Crippen LogP contribution < -0.4 is 0 Å². The van der Waals surface area contributed by atoms with E-state index in [-0.39, 0.29) is 5.91 Å². The Kier molecular flexibility index (Phi) is 4.56. The van der Waals surface area contributed by atoms with Gasteiger partial charge in [-0.05, 0) is 50.7 Å². The molecule has 2 atom stereocenters. The summed E-state index contributed by atoms with van der Waals surface area (Å²) in [6.07, 6.45) is 7.48. The van der Waals surface area contributed by atoms with E-state index in [9.17, 15) is 4.79 Å². The Labute approximate surface area is 150 Å². The molecule has 1 saturated carbocycles. The number of fused-ring (bicyclic) bond motifs is 1. The SMILES string of the molecule is Cc1nc(-c2ccccc2)ccc1C(=O)N1CCC[C@H]2CCCC[C@@H]21. The molecule has 3 nitrogen and oxygen atoms in total. The summed E-state index contributed by atoms with van der Waals surface area (Å²) in [6.45, 7) is 2.86. The molecule has 1 amide bonds. The average Bonchev–Trinajstić information content (AvgIpc) is 2.67. The lowest BCUT2D eigenvalue weighted by Gasteiger charge is -2.44. The molecule has 4 rings (SSSR count). The van der Waals surface area contributed by atoms with Gasteiger partial charge in [0, 0.05) is 18.2 Å². The summed E-state index contributed by atoms with van der Waals surface area (Å²) in [5.74, 6) is 0.893. The molecule has 0 bridgehead atoms. The van der Waals surface area contributed by atoms with Gasteiger partial charge in [-0.25, -0.2) is 0 Å². The zero-order chi connectivity index (χ0) is 17.2. The number of hydrogen-bond acceptors (Lipinski definition) is 2. The van der Waals surface area contributed by atoms with Gasteiger partial charge in [0.15, 0.2) is 0 Å². The average molecular weight is 334 g/mol. The van der Waals surface area contributed by atoms with Crippen LogP contribution >= 0.6 is 0 Å². The molecule has 2 fully saturated rings. The zero-order valence-electron chi connectivity index (χ0n) is 14.9. The largest absolute Gasteiger partial charge is 0.335 e. The van der Waals surface area contributed by atoms with Crippen molar-refractivity contribution < 1.29 is 4.79 Å². The highest BCUT2D eigenvalue weighted by molar-refractivity contribution is 5.95. The van der Waals surface area contributed by atoms with Crippen molar-refractivity contribution in [1.82, 2.24) is 9.88 Å². The number of carbonyl (C=O) groups excluding carboxylic acids is 1. The van der Waals surface area contributed by atoms with Gasteiger partial charge < -0.3 is 4.90 Å². The Bertz CT molecular complexity index is 754. The summed E-state index contributed by atoms with van der Waals surface area (Å²) in [7, 11) is 0. The van der Waals surface area contributed by atoms with E-state index >= 15 is 0 Å². The summed E-state index contributed by atoms with van der Waals surface area (Å²) in [6, 6.07) is 14.6. The lowest BCUT2D eigenvalue weighted by molar-refractivity contribution is 0.0389. The molecule has 1 aliphatic heterocycles. The van der Waals surface area contributed by atoms with Crippen molar-refractivity contribution in [3.05, 3.63) is 53.7 Å². The lowest BCUT2D eigenvalue weighted by Crippen LogP contribution is -2.49. The van der Waals surface area contributed by atoms with Crippen LogP contribution in [0.1, 0.15) is 54.6 Å². The van der Waals surface area contributed by atoms with Gasteiger partial charge in [-0.15, -0.1) is 0 Å². The number of nitrogens with zero attached hydrogens (tertiary/aromatic N) is 2. The summed E-state index contributed by atoms with van der Waals surface area (Å²) < 4.78 is 0. The molecule has 0 radical (unpaired) electrons. The highest BCUT2D eigenvalue weighted by atomic mass is 16.2. The minimum atomic E-state index is 0.182. The van der Waals surface area contributed by atoms with Crippen molar-refractivity contribution in [2.75, 3.05) is 6.54 Å². The first-order valence-corrected chi connectivity index (χ1v) is 9.58. The van der Waals surface area contributed by atoms with Crippen LogP contribution in [0.2, 0.25) is 0 Å². The topological polar surface area (TPSA) is 33.2 Å². The smallest absolute Gasteiger partial charge is 0.255 e. The van der Waals surface area contributed by atoms with Gasteiger partial charge in [0.05, 0.1) is 17.0 Å². The molecule has 0 unspecified atom stereocenters. The van der Waals surface area contributed by atoms with E-state index < -0.39 is 0 Å². The molecule has 25 heavy (non-hydrogen) atoms. The van der Waals surface area contributed by atoms with E-state index in [1.165, 1.54) is 32.1 Å². The zero-order valence-corrected chi connectivity index (χ0v) is 14.9.